The van der Waals surface area contributed by atoms with Crippen LogP contribution in [-0.2, 0) is 0 Å². The van der Waals surface area contributed by atoms with Crippen LogP contribution in [0.4, 0.5) is 0 Å². The standard InChI is InChI=1S/C12H11NO/c1-8-4-3-5-11-10(7-14)6-9(2)13-12(8)11/h3-7H,1-2H3. The van der Waals surface area contributed by atoms with Gasteiger partial charge in [0.1, 0.15) is 0 Å². The zero-order valence-electron chi connectivity index (χ0n) is 8.24. The van der Waals surface area contributed by atoms with E-state index in [1.807, 2.05) is 38.1 Å². The van der Waals surface area contributed by atoms with Crippen molar-refractivity contribution in [1.82, 2.24) is 4.98 Å². The Balaban J connectivity index is 2.94. The fourth-order valence-electron chi connectivity index (χ4n) is 1.65. The number of hydrogen-bond acceptors (Lipinski definition) is 2. The molecule has 0 amide bonds. The van der Waals surface area contributed by atoms with Gasteiger partial charge in [0.25, 0.3) is 0 Å². The highest BCUT2D eigenvalue weighted by Gasteiger charge is 2.04. The van der Waals surface area contributed by atoms with Gasteiger partial charge in [0.15, 0.2) is 6.29 Å². The predicted octanol–water partition coefficient (Wildman–Crippen LogP) is 2.66. The Morgan fingerprint density at radius 3 is 2.79 bits per heavy atom. The summed E-state index contributed by atoms with van der Waals surface area (Å²) in [6, 6.07) is 7.69. The molecule has 1 heterocycles. The van der Waals surface area contributed by atoms with Crippen molar-refractivity contribution in [2.45, 2.75) is 13.8 Å². The third-order valence-corrected chi connectivity index (χ3v) is 2.33. The lowest BCUT2D eigenvalue weighted by Crippen LogP contribution is -1.92. The minimum atomic E-state index is 0.719. The molecular formula is C12H11NO. The maximum absolute atomic E-state index is 10.9. The first-order valence-corrected chi connectivity index (χ1v) is 4.54. The van der Waals surface area contributed by atoms with E-state index in [1.54, 1.807) is 0 Å². The van der Waals surface area contributed by atoms with Crippen molar-refractivity contribution < 1.29 is 4.79 Å². The van der Waals surface area contributed by atoms with Gasteiger partial charge in [0.2, 0.25) is 0 Å². The second kappa shape index (κ2) is 3.22. The van der Waals surface area contributed by atoms with Gasteiger partial charge in [-0.25, -0.2) is 0 Å². The largest absolute Gasteiger partial charge is 0.298 e. The Bertz CT molecular complexity index is 503. The smallest absolute Gasteiger partial charge is 0.150 e. The van der Waals surface area contributed by atoms with Crippen molar-refractivity contribution in [2.24, 2.45) is 0 Å². The molecule has 0 saturated heterocycles. The fourth-order valence-corrected chi connectivity index (χ4v) is 1.65. The Kier molecular flexibility index (Phi) is 2.04. The Morgan fingerprint density at radius 2 is 2.07 bits per heavy atom. The van der Waals surface area contributed by atoms with Gasteiger partial charge in [0.05, 0.1) is 5.52 Å². The molecule has 0 fully saturated rings. The molecule has 2 heteroatoms. The van der Waals surface area contributed by atoms with Crippen LogP contribution in [0.5, 0.6) is 0 Å². The third-order valence-electron chi connectivity index (χ3n) is 2.33. The minimum Gasteiger partial charge on any atom is -0.298 e. The number of carbonyl (C=O) groups is 1. The number of fused-ring (bicyclic) bond motifs is 1. The van der Waals surface area contributed by atoms with E-state index in [2.05, 4.69) is 4.98 Å². The Morgan fingerprint density at radius 1 is 1.29 bits per heavy atom. The van der Waals surface area contributed by atoms with Crippen LogP contribution in [0.15, 0.2) is 24.3 Å². The van der Waals surface area contributed by atoms with Gasteiger partial charge in [-0.05, 0) is 25.5 Å². The average molecular weight is 185 g/mol. The quantitative estimate of drug-likeness (QED) is 0.639. The van der Waals surface area contributed by atoms with Crippen LogP contribution in [0.3, 0.4) is 0 Å². The molecule has 0 radical (unpaired) electrons. The molecule has 0 atom stereocenters. The van der Waals surface area contributed by atoms with Gasteiger partial charge in [-0.2, -0.15) is 0 Å². The molecule has 0 saturated carbocycles. The summed E-state index contributed by atoms with van der Waals surface area (Å²) in [5.74, 6) is 0. The summed E-state index contributed by atoms with van der Waals surface area (Å²) < 4.78 is 0. The molecule has 2 aromatic rings. The predicted molar refractivity (Wildman–Crippen MR) is 56.6 cm³/mol. The lowest BCUT2D eigenvalue weighted by atomic mass is 10.1. The van der Waals surface area contributed by atoms with E-state index in [4.69, 9.17) is 0 Å². The number of aryl methyl sites for hydroxylation is 2. The summed E-state index contributed by atoms with van der Waals surface area (Å²) in [4.78, 5) is 15.3. The second-order valence-corrected chi connectivity index (χ2v) is 3.44. The van der Waals surface area contributed by atoms with Gasteiger partial charge < -0.3 is 0 Å². The molecule has 0 aliphatic heterocycles. The number of rotatable bonds is 1. The third kappa shape index (κ3) is 1.29. The molecule has 0 aliphatic rings. The molecule has 0 N–H and O–H groups in total. The van der Waals surface area contributed by atoms with E-state index in [1.165, 1.54) is 0 Å². The Labute approximate surface area is 82.6 Å². The van der Waals surface area contributed by atoms with Crippen molar-refractivity contribution in [2.75, 3.05) is 0 Å². The molecule has 1 aromatic heterocycles. The molecule has 1 aromatic carbocycles. The molecule has 0 aliphatic carbocycles. The zero-order valence-corrected chi connectivity index (χ0v) is 8.24. The van der Waals surface area contributed by atoms with Crippen LogP contribution >= 0.6 is 0 Å². The second-order valence-electron chi connectivity index (χ2n) is 3.44. The number of aldehydes is 1. The van der Waals surface area contributed by atoms with Crippen LogP contribution in [0.1, 0.15) is 21.6 Å². The van der Waals surface area contributed by atoms with Crippen molar-refractivity contribution in [3.05, 3.63) is 41.1 Å². The monoisotopic (exact) mass is 185 g/mol. The highest BCUT2D eigenvalue weighted by Crippen LogP contribution is 2.19. The number of aromatic nitrogens is 1. The first-order valence-electron chi connectivity index (χ1n) is 4.54. The average Bonchev–Trinajstić information content (AvgIpc) is 2.18. The van der Waals surface area contributed by atoms with E-state index < -0.39 is 0 Å². The highest BCUT2D eigenvalue weighted by molar-refractivity contribution is 5.97. The van der Waals surface area contributed by atoms with Gasteiger partial charge in [-0.15, -0.1) is 0 Å². The van der Waals surface area contributed by atoms with Crippen molar-refractivity contribution in [3.8, 4) is 0 Å². The van der Waals surface area contributed by atoms with E-state index in [-0.39, 0.29) is 0 Å². The number of benzene rings is 1. The molecule has 14 heavy (non-hydrogen) atoms. The summed E-state index contributed by atoms with van der Waals surface area (Å²) in [6.07, 6.45) is 0.885. The first-order chi connectivity index (χ1) is 6.72. The molecule has 0 spiro atoms. The number of pyridine rings is 1. The van der Waals surface area contributed by atoms with Crippen molar-refractivity contribution >= 4 is 17.2 Å². The first kappa shape index (κ1) is 8.88. The maximum Gasteiger partial charge on any atom is 0.150 e. The summed E-state index contributed by atoms with van der Waals surface area (Å²) in [5, 5.41) is 0.936. The van der Waals surface area contributed by atoms with E-state index in [0.717, 1.165) is 34.0 Å². The van der Waals surface area contributed by atoms with Crippen molar-refractivity contribution in [3.63, 3.8) is 0 Å². The SMILES string of the molecule is Cc1cc(C=O)c2cccc(C)c2n1. The van der Waals surface area contributed by atoms with E-state index >= 15 is 0 Å². The van der Waals surface area contributed by atoms with Gasteiger partial charge in [-0.3, -0.25) is 9.78 Å². The van der Waals surface area contributed by atoms with Crippen LogP contribution < -0.4 is 0 Å². The van der Waals surface area contributed by atoms with Gasteiger partial charge >= 0.3 is 0 Å². The van der Waals surface area contributed by atoms with Gasteiger partial charge in [-0.1, -0.05) is 18.2 Å². The number of hydrogen-bond donors (Lipinski definition) is 0. The van der Waals surface area contributed by atoms with E-state index in [9.17, 15) is 4.79 Å². The van der Waals surface area contributed by atoms with Crippen LogP contribution in [-0.4, -0.2) is 11.3 Å². The normalized spacial score (nSPS) is 10.4. The zero-order chi connectivity index (χ0) is 10.1. The van der Waals surface area contributed by atoms with Crippen LogP contribution in [0, 0.1) is 13.8 Å². The summed E-state index contributed by atoms with van der Waals surface area (Å²) >= 11 is 0. The highest BCUT2D eigenvalue weighted by atomic mass is 16.1. The lowest BCUT2D eigenvalue weighted by molar-refractivity contribution is 0.112. The fraction of sp³-hybridized carbons (Fsp3) is 0.167. The number of para-hydroxylation sites is 1. The lowest BCUT2D eigenvalue weighted by Gasteiger charge is -2.04. The number of carbonyl (C=O) groups excluding carboxylic acids is 1. The van der Waals surface area contributed by atoms with E-state index in [0.29, 0.717) is 0 Å². The molecule has 2 nitrogen and oxygen atoms in total. The van der Waals surface area contributed by atoms with Crippen molar-refractivity contribution in [1.29, 1.82) is 0 Å². The maximum atomic E-state index is 10.9. The number of nitrogens with zero attached hydrogens (tertiary/aromatic N) is 1. The van der Waals surface area contributed by atoms with Crippen LogP contribution in [0.25, 0.3) is 10.9 Å². The molecule has 0 bridgehead atoms. The topological polar surface area (TPSA) is 30.0 Å². The summed E-state index contributed by atoms with van der Waals surface area (Å²) in [6.45, 7) is 3.90. The molecular weight excluding hydrogens is 174 g/mol. The van der Waals surface area contributed by atoms with Gasteiger partial charge in [0, 0.05) is 16.6 Å². The minimum absolute atomic E-state index is 0.719. The Hall–Kier alpha value is -1.70. The van der Waals surface area contributed by atoms with Crippen LogP contribution in [0.2, 0.25) is 0 Å². The molecule has 0 unspecified atom stereocenters. The molecule has 2 rings (SSSR count). The molecule has 70 valence electrons. The summed E-state index contributed by atoms with van der Waals surface area (Å²) in [5.41, 5.74) is 3.63. The summed E-state index contributed by atoms with van der Waals surface area (Å²) in [7, 11) is 0.